The van der Waals surface area contributed by atoms with Gasteiger partial charge in [-0.25, -0.2) is 0 Å². The minimum absolute atomic E-state index is 0.118. The molecule has 3 rings (SSSR count). The number of rotatable bonds is 6. The van der Waals surface area contributed by atoms with Gasteiger partial charge in [-0.15, -0.1) is 0 Å². The molecule has 0 saturated carbocycles. The molecule has 0 bridgehead atoms. The summed E-state index contributed by atoms with van der Waals surface area (Å²) in [5.41, 5.74) is 0.685. The van der Waals surface area contributed by atoms with Gasteiger partial charge in [-0.2, -0.15) is 11.3 Å². The van der Waals surface area contributed by atoms with E-state index in [2.05, 4.69) is 0 Å². The van der Waals surface area contributed by atoms with Gasteiger partial charge in [0.05, 0.1) is 36.6 Å². The minimum Gasteiger partial charge on any atom is -0.376 e. The van der Waals surface area contributed by atoms with Gasteiger partial charge < -0.3 is 19.1 Å². The highest BCUT2D eigenvalue weighted by Gasteiger charge is 2.41. The predicted molar refractivity (Wildman–Crippen MR) is 98.2 cm³/mol. The molecule has 6 heteroatoms. The van der Waals surface area contributed by atoms with Crippen LogP contribution in [0.25, 0.3) is 0 Å². The Morgan fingerprint density at radius 2 is 2.20 bits per heavy atom. The van der Waals surface area contributed by atoms with Crippen LogP contribution in [-0.4, -0.2) is 61.5 Å². The lowest BCUT2D eigenvalue weighted by molar-refractivity contribution is -0.156. The largest absolute Gasteiger partial charge is 0.376 e. The lowest BCUT2D eigenvalue weighted by atomic mass is 9.83. The molecule has 2 saturated heterocycles. The van der Waals surface area contributed by atoms with Crippen molar-refractivity contribution in [3.63, 3.8) is 0 Å². The third kappa shape index (κ3) is 5.03. The summed E-state index contributed by atoms with van der Waals surface area (Å²) >= 11 is 1.57. The maximum Gasteiger partial charge on any atom is 0.254 e. The number of piperidine rings is 1. The lowest BCUT2D eigenvalue weighted by Gasteiger charge is -2.46. The van der Waals surface area contributed by atoms with Gasteiger partial charge in [0.1, 0.15) is 0 Å². The Morgan fingerprint density at radius 3 is 2.88 bits per heavy atom. The molecule has 0 aromatic carbocycles. The first-order valence-corrected chi connectivity index (χ1v) is 10.2. The van der Waals surface area contributed by atoms with E-state index in [0.717, 1.165) is 50.9 Å². The maximum absolute atomic E-state index is 12.5. The van der Waals surface area contributed by atoms with Crippen molar-refractivity contribution in [1.29, 1.82) is 0 Å². The van der Waals surface area contributed by atoms with Gasteiger partial charge in [-0.05, 0) is 44.6 Å². The SMILES string of the molecule is CC(C)OCCOC1CCOC2(CCN(C(=O)c3ccsc3)CC2)C1. The van der Waals surface area contributed by atoms with Crippen molar-refractivity contribution >= 4 is 17.2 Å². The van der Waals surface area contributed by atoms with E-state index in [1.165, 1.54) is 0 Å². The predicted octanol–water partition coefficient (Wildman–Crippen LogP) is 3.34. The van der Waals surface area contributed by atoms with Crippen LogP contribution in [0.1, 0.15) is 49.9 Å². The number of hydrogen-bond donors (Lipinski definition) is 0. The molecule has 0 aliphatic carbocycles. The van der Waals surface area contributed by atoms with Crippen molar-refractivity contribution in [2.24, 2.45) is 0 Å². The first-order chi connectivity index (χ1) is 12.1. The van der Waals surface area contributed by atoms with E-state index in [1.54, 1.807) is 11.3 Å². The number of thiophene rings is 1. The Balaban J connectivity index is 1.46. The van der Waals surface area contributed by atoms with E-state index in [1.807, 2.05) is 35.6 Å². The third-order valence-electron chi connectivity index (χ3n) is 5.07. The van der Waals surface area contributed by atoms with Crippen LogP contribution >= 0.6 is 11.3 Å². The zero-order valence-corrected chi connectivity index (χ0v) is 16.1. The Bertz CT molecular complexity index is 538. The van der Waals surface area contributed by atoms with Crippen molar-refractivity contribution in [2.75, 3.05) is 32.9 Å². The fourth-order valence-corrected chi connectivity index (χ4v) is 4.29. The monoisotopic (exact) mass is 367 g/mol. The van der Waals surface area contributed by atoms with Gasteiger partial charge in [0.25, 0.3) is 5.91 Å². The molecule has 5 nitrogen and oxygen atoms in total. The Morgan fingerprint density at radius 1 is 1.40 bits per heavy atom. The molecule has 1 unspecified atom stereocenters. The Hall–Kier alpha value is -0.950. The highest BCUT2D eigenvalue weighted by atomic mass is 32.1. The van der Waals surface area contributed by atoms with Crippen molar-refractivity contribution < 1.29 is 19.0 Å². The normalized spacial score (nSPS) is 23.3. The highest BCUT2D eigenvalue weighted by molar-refractivity contribution is 7.08. The molecule has 1 aromatic heterocycles. The molecule has 1 aromatic rings. The number of ether oxygens (including phenoxy) is 3. The van der Waals surface area contributed by atoms with E-state index < -0.39 is 0 Å². The number of carbonyl (C=O) groups excluding carboxylic acids is 1. The third-order valence-corrected chi connectivity index (χ3v) is 5.75. The number of nitrogens with zero attached hydrogens (tertiary/aromatic N) is 1. The summed E-state index contributed by atoms with van der Waals surface area (Å²) in [5, 5.41) is 3.88. The van der Waals surface area contributed by atoms with Crippen LogP contribution in [0.5, 0.6) is 0 Å². The molecule has 0 radical (unpaired) electrons. The van der Waals surface area contributed by atoms with Gasteiger partial charge in [-0.1, -0.05) is 0 Å². The summed E-state index contributed by atoms with van der Waals surface area (Å²) in [6.45, 7) is 7.62. The van der Waals surface area contributed by atoms with Gasteiger partial charge in [0, 0.05) is 31.5 Å². The first kappa shape index (κ1) is 18.8. The number of carbonyl (C=O) groups is 1. The molecule has 2 fully saturated rings. The summed E-state index contributed by atoms with van der Waals surface area (Å²) in [4.78, 5) is 14.4. The van der Waals surface area contributed by atoms with Crippen molar-refractivity contribution in [3.05, 3.63) is 22.4 Å². The van der Waals surface area contributed by atoms with Gasteiger partial charge in [-0.3, -0.25) is 4.79 Å². The first-order valence-electron chi connectivity index (χ1n) is 9.27. The summed E-state index contributed by atoms with van der Waals surface area (Å²) < 4.78 is 17.7. The summed E-state index contributed by atoms with van der Waals surface area (Å²) in [5.74, 6) is 0.144. The molecule has 3 heterocycles. The second kappa shape index (κ2) is 8.62. The number of amides is 1. The molecule has 2 aliphatic rings. The fourth-order valence-electron chi connectivity index (χ4n) is 3.66. The van der Waals surface area contributed by atoms with E-state index in [-0.39, 0.29) is 23.7 Å². The van der Waals surface area contributed by atoms with Gasteiger partial charge in [0.15, 0.2) is 0 Å². The van der Waals surface area contributed by atoms with E-state index in [4.69, 9.17) is 14.2 Å². The Kier molecular flexibility index (Phi) is 6.49. The van der Waals surface area contributed by atoms with E-state index >= 15 is 0 Å². The summed E-state index contributed by atoms with van der Waals surface area (Å²) in [6.07, 6.45) is 4.14. The van der Waals surface area contributed by atoms with E-state index in [9.17, 15) is 4.79 Å². The molecular weight excluding hydrogens is 338 g/mol. The lowest BCUT2D eigenvalue weighted by Crippen LogP contribution is -2.52. The van der Waals surface area contributed by atoms with E-state index in [0.29, 0.717) is 13.2 Å². The quantitative estimate of drug-likeness (QED) is 0.724. The van der Waals surface area contributed by atoms with Crippen molar-refractivity contribution in [2.45, 2.75) is 57.3 Å². The zero-order valence-electron chi connectivity index (χ0n) is 15.2. The Labute approximate surface area is 154 Å². The summed E-state index contributed by atoms with van der Waals surface area (Å²) in [6, 6.07) is 1.90. The molecule has 25 heavy (non-hydrogen) atoms. The highest BCUT2D eigenvalue weighted by Crippen LogP contribution is 2.36. The molecule has 140 valence electrons. The van der Waals surface area contributed by atoms with Crippen LogP contribution in [0, 0.1) is 0 Å². The van der Waals surface area contributed by atoms with Gasteiger partial charge in [0.2, 0.25) is 0 Å². The molecular formula is C19H29NO4S. The number of hydrogen-bond acceptors (Lipinski definition) is 5. The molecule has 1 spiro atoms. The van der Waals surface area contributed by atoms with Crippen molar-refractivity contribution in [3.8, 4) is 0 Å². The van der Waals surface area contributed by atoms with Crippen LogP contribution in [0.3, 0.4) is 0 Å². The second-order valence-electron chi connectivity index (χ2n) is 7.24. The smallest absolute Gasteiger partial charge is 0.254 e. The average Bonchev–Trinajstić information content (AvgIpc) is 3.13. The molecule has 0 N–H and O–H groups in total. The minimum atomic E-state index is -0.118. The van der Waals surface area contributed by atoms with Crippen LogP contribution in [-0.2, 0) is 14.2 Å². The molecule has 1 amide bonds. The number of likely N-dealkylation sites (tertiary alicyclic amines) is 1. The zero-order chi connectivity index (χ0) is 17.7. The van der Waals surface area contributed by atoms with Gasteiger partial charge >= 0.3 is 0 Å². The van der Waals surface area contributed by atoms with Crippen molar-refractivity contribution in [1.82, 2.24) is 4.90 Å². The van der Waals surface area contributed by atoms with Crippen LogP contribution in [0.4, 0.5) is 0 Å². The summed E-state index contributed by atoms with van der Waals surface area (Å²) in [7, 11) is 0. The van der Waals surface area contributed by atoms with Crippen LogP contribution in [0.2, 0.25) is 0 Å². The average molecular weight is 368 g/mol. The van der Waals surface area contributed by atoms with Crippen LogP contribution < -0.4 is 0 Å². The topological polar surface area (TPSA) is 48.0 Å². The molecule has 2 aliphatic heterocycles. The second-order valence-corrected chi connectivity index (χ2v) is 8.02. The standard InChI is InChI=1S/C19H29NO4S/c1-15(2)22-10-11-23-17-3-9-24-19(13-17)5-7-20(8-6-19)18(21)16-4-12-25-14-16/h4,12,14-15,17H,3,5-11,13H2,1-2H3. The van der Waals surface area contributed by atoms with Crippen LogP contribution in [0.15, 0.2) is 16.8 Å². The molecule has 1 atom stereocenters. The maximum atomic E-state index is 12.5. The fraction of sp³-hybridized carbons (Fsp3) is 0.737.